The van der Waals surface area contributed by atoms with Gasteiger partial charge in [0.25, 0.3) is 5.91 Å². The number of ether oxygens (including phenoxy) is 3. The molecule has 11 nitrogen and oxygen atoms in total. The van der Waals surface area contributed by atoms with Crippen molar-refractivity contribution in [3.05, 3.63) is 64.8 Å². The van der Waals surface area contributed by atoms with E-state index >= 15 is 0 Å². The van der Waals surface area contributed by atoms with E-state index in [0.717, 1.165) is 0 Å². The molecule has 0 unspecified atom stereocenters. The fraction of sp³-hybridized carbons (Fsp3) is 0.190. The molecule has 1 amide bonds. The van der Waals surface area contributed by atoms with Gasteiger partial charge in [0.15, 0.2) is 5.65 Å². The van der Waals surface area contributed by atoms with Crippen LogP contribution in [0.3, 0.4) is 0 Å². The van der Waals surface area contributed by atoms with Gasteiger partial charge >= 0.3 is 12.1 Å². The highest BCUT2D eigenvalue weighted by atomic mass is 35.5. The number of nitrogens with zero attached hydrogens (tertiary/aromatic N) is 3. The summed E-state index contributed by atoms with van der Waals surface area (Å²) in [6.45, 7) is 1.14. The Morgan fingerprint density at radius 3 is 2.82 bits per heavy atom. The minimum absolute atomic E-state index is 0.0364. The van der Waals surface area contributed by atoms with Crippen LogP contribution >= 0.6 is 11.6 Å². The summed E-state index contributed by atoms with van der Waals surface area (Å²) in [5.41, 5.74) is 0.971. The molecule has 0 radical (unpaired) electrons. The summed E-state index contributed by atoms with van der Waals surface area (Å²) in [6, 6.07) is 6.31. The third kappa shape index (κ3) is 4.88. The summed E-state index contributed by atoms with van der Waals surface area (Å²) in [4.78, 5) is 40.4. The first-order valence-corrected chi connectivity index (χ1v) is 10.1. The number of nitrogens with one attached hydrogen (secondary N) is 1. The van der Waals surface area contributed by atoms with Crippen LogP contribution in [0.4, 0.5) is 4.79 Å². The van der Waals surface area contributed by atoms with Crippen LogP contribution in [0.15, 0.2) is 47.3 Å². The number of carbonyl (C=O) groups is 3. The van der Waals surface area contributed by atoms with E-state index in [9.17, 15) is 14.4 Å². The Kier molecular flexibility index (Phi) is 6.41. The molecule has 3 heterocycles. The Morgan fingerprint density at radius 1 is 1.15 bits per heavy atom. The van der Waals surface area contributed by atoms with Crippen molar-refractivity contribution in [1.29, 1.82) is 0 Å². The summed E-state index contributed by atoms with van der Waals surface area (Å²) < 4.78 is 21.4. The number of halogens is 1. The molecule has 12 heteroatoms. The maximum Gasteiger partial charge on any atom is 0.511 e. The molecule has 3 aromatic heterocycles. The van der Waals surface area contributed by atoms with Crippen LogP contribution in [0.2, 0.25) is 5.02 Å². The molecule has 0 saturated carbocycles. The third-order valence-corrected chi connectivity index (χ3v) is 4.65. The molecule has 1 aromatic carbocycles. The van der Waals surface area contributed by atoms with E-state index in [1.807, 2.05) is 0 Å². The number of benzene rings is 1. The molecular weight excluding hydrogens is 456 g/mol. The first-order valence-electron chi connectivity index (χ1n) is 9.71. The van der Waals surface area contributed by atoms with Gasteiger partial charge < -0.3 is 23.9 Å². The number of carbonyl (C=O) groups excluding carboxylic acids is 3. The molecule has 1 N–H and O–H groups in total. The minimum atomic E-state index is -0.959. The molecular formula is C21H17ClN4O7. The fourth-order valence-corrected chi connectivity index (χ4v) is 3.25. The van der Waals surface area contributed by atoms with Gasteiger partial charge in [0.05, 0.1) is 19.3 Å². The van der Waals surface area contributed by atoms with Crippen molar-refractivity contribution in [2.24, 2.45) is 0 Å². The third-order valence-electron chi connectivity index (χ3n) is 4.43. The van der Waals surface area contributed by atoms with Crippen molar-refractivity contribution in [2.45, 2.75) is 13.5 Å². The van der Waals surface area contributed by atoms with Crippen molar-refractivity contribution in [1.82, 2.24) is 19.9 Å². The molecule has 0 spiro atoms. The van der Waals surface area contributed by atoms with E-state index in [1.54, 1.807) is 37.5 Å². The second-order valence-electron chi connectivity index (χ2n) is 6.59. The molecule has 0 atom stereocenters. The number of fused-ring (bicyclic) bond motifs is 2. The summed E-state index contributed by atoms with van der Waals surface area (Å²) in [6.07, 6.45) is 3.71. The maximum absolute atomic E-state index is 12.6. The molecule has 33 heavy (non-hydrogen) atoms. The van der Waals surface area contributed by atoms with Crippen LogP contribution in [-0.2, 0) is 20.8 Å². The van der Waals surface area contributed by atoms with E-state index in [-0.39, 0.29) is 29.3 Å². The van der Waals surface area contributed by atoms with Gasteiger partial charge in [0.2, 0.25) is 6.79 Å². The Labute approximate surface area is 191 Å². The van der Waals surface area contributed by atoms with Crippen LogP contribution in [0.25, 0.3) is 16.6 Å². The monoisotopic (exact) mass is 472 g/mol. The van der Waals surface area contributed by atoms with E-state index < -0.39 is 24.8 Å². The van der Waals surface area contributed by atoms with E-state index in [2.05, 4.69) is 24.9 Å². The fourth-order valence-electron chi connectivity index (χ4n) is 3.03. The van der Waals surface area contributed by atoms with Crippen LogP contribution < -0.4 is 5.32 Å². The zero-order valence-electron chi connectivity index (χ0n) is 17.2. The number of hydrogen-bond acceptors (Lipinski definition) is 9. The average molecular weight is 473 g/mol. The second kappa shape index (κ2) is 9.57. The van der Waals surface area contributed by atoms with Gasteiger partial charge in [-0.05, 0) is 31.2 Å². The van der Waals surface area contributed by atoms with Gasteiger partial charge in [0, 0.05) is 22.8 Å². The number of amides is 1. The van der Waals surface area contributed by atoms with E-state index in [1.165, 1.54) is 16.8 Å². The lowest BCUT2D eigenvalue weighted by Crippen LogP contribution is -2.22. The lowest BCUT2D eigenvalue weighted by molar-refractivity contribution is -0.0261. The Balaban J connectivity index is 1.47. The van der Waals surface area contributed by atoms with Crippen LogP contribution in [-0.4, -0.2) is 46.0 Å². The lowest BCUT2D eigenvalue weighted by Gasteiger charge is -2.06. The topological polar surface area (TPSA) is 134 Å². The second-order valence-corrected chi connectivity index (χ2v) is 7.03. The standard InChI is InChI=1S/C21H17ClN4O7/c1-2-30-21(29)32-11-31-20(28)15-8-13(22)6-12-7-14(33-17(12)15)9-24-19(27)16-10-25-26-5-3-4-23-18(16)26/h3-8,10H,2,9,11H2,1H3,(H,24,27). The van der Waals surface area contributed by atoms with Gasteiger partial charge in [-0.1, -0.05) is 11.6 Å². The molecule has 0 aliphatic heterocycles. The SMILES string of the molecule is CCOC(=O)OCOC(=O)c1cc(Cl)cc2cc(CNC(=O)c3cnn4cccnc34)oc12. The summed E-state index contributed by atoms with van der Waals surface area (Å²) >= 11 is 6.11. The highest BCUT2D eigenvalue weighted by Gasteiger charge is 2.19. The lowest BCUT2D eigenvalue weighted by atomic mass is 10.1. The van der Waals surface area contributed by atoms with Gasteiger partial charge in [0.1, 0.15) is 22.5 Å². The van der Waals surface area contributed by atoms with E-state index in [0.29, 0.717) is 22.4 Å². The molecule has 0 aliphatic carbocycles. The number of rotatable bonds is 7. The number of furan rings is 1. The van der Waals surface area contributed by atoms with Crippen LogP contribution in [0.5, 0.6) is 0 Å². The number of esters is 1. The van der Waals surface area contributed by atoms with Gasteiger partial charge in [-0.15, -0.1) is 0 Å². The number of aromatic nitrogens is 3. The van der Waals surface area contributed by atoms with E-state index in [4.69, 9.17) is 20.8 Å². The molecule has 170 valence electrons. The quantitative estimate of drug-likeness (QED) is 0.317. The van der Waals surface area contributed by atoms with Crippen molar-refractivity contribution in [2.75, 3.05) is 13.4 Å². The predicted molar refractivity (Wildman–Crippen MR) is 114 cm³/mol. The Morgan fingerprint density at radius 2 is 2.00 bits per heavy atom. The van der Waals surface area contributed by atoms with Crippen molar-refractivity contribution >= 4 is 46.2 Å². The average Bonchev–Trinajstić information content (AvgIpc) is 3.41. The zero-order valence-corrected chi connectivity index (χ0v) is 18.0. The molecule has 0 bridgehead atoms. The normalized spacial score (nSPS) is 10.8. The van der Waals surface area contributed by atoms with Gasteiger partial charge in [-0.3, -0.25) is 4.79 Å². The molecule has 0 aliphatic rings. The molecule has 0 saturated heterocycles. The van der Waals surface area contributed by atoms with Crippen molar-refractivity contribution in [3.8, 4) is 0 Å². The Hall–Kier alpha value is -4.12. The minimum Gasteiger partial charge on any atom is -0.458 e. The molecule has 0 fully saturated rings. The van der Waals surface area contributed by atoms with Crippen molar-refractivity contribution < 1.29 is 33.0 Å². The summed E-state index contributed by atoms with van der Waals surface area (Å²) in [5.74, 6) is -0.825. The molecule has 4 aromatic rings. The highest BCUT2D eigenvalue weighted by molar-refractivity contribution is 6.32. The Bertz CT molecular complexity index is 1350. The van der Waals surface area contributed by atoms with Crippen molar-refractivity contribution in [3.63, 3.8) is 0 Å². The summed E-state index contributed by atoms with van der Waals surface area (Å²) in [5, 5.41) is 7.61. The van der Waals surface area contributed by atoms with Gasteiger partial charge in [-0.25, -0.2) is 19.1 Å². The van der Waals surface area contributed by atoms with Crippen LogP contribution in [0.1, 0.15) is 33.4 Å². The van der Waals surface area contributed by atoms with Gasteiger partial charge in [-0.2, -0.15) is 5.10 Å². The number of hydrogen-bond donors (Lipinski definition) is 1. The smallest absolute Gasteiger partial charge is 0.458 e. The largest absolute Gasteiger partial charge is 0.511 e. The predicted octanol–water partition coefficient (Wildman–Crippen LogP) is 3.35. The highest BCUT2D eigenvalue weighted by Crippen LogP contribution is 2.28. The first kappa shape index (κ1) is 22.1. The molecule has 4 rings (SSSR count). The zero-order chi connectivity index (χ0) is 23.4. The maximum atomic E-state index is 12.6. The summed E-state index contributed by atoms with van der Waals surface area (Å²) in [7, 11) is 0. The van der Waals surface area contributed by atoms with Crippen LogP contribution in [0, 0.1) is 0 Å². The first-order chi connectivity index (χ1) is 16.0.